The number of anilines is 1. The second kappa shape index (κ2) is 11.6. The Kier molecular flexibility index (Phi) is 8.22. The molecule has 0 aromatic heterocycles. The van der Waals surface area contributed by atoms with Crippen LogP contribution in [0.1, 0.15) is 29.9 Å². The molecule has 2 N–H and O–H groups in total. The fraction of sp³-hybridized carbons (Fsp3) is 0.531. The van der Waals surface area contributed by atoms with E-state index in [1.54, 1.807) is 0 Å². The summed E-state index contributed by atoms with van der Waals surface area (Å²) in [6, 6.07) is 6.51. The van der Waals surface area contributed by atoms with Crippen LogP contribution in [0.2, 0.25) is 0 Å². The Morgan fingerprint density at radius 3 is 2.11 bits per heavy atom. The van der Waals surface area contributed by atoms with Crippen molar-refractivity contribution >= 4 is 11.6 Å². The summed E-state index contributed by atoms with van der Waals surface area (Å²) < 4.78 is 11.3. The zero-order valence-corrected chi connectivity index (χ0v) is 23.1. The first-order valence-electron chi connectivity index (χ1n) is 14.1. The smallest absolute Gasteiger partial charge is 0.222 e. The van der Waals surface area contributed by atoms with Crippen molar-refractivity contribution in [1.29, 1.82) is 0 Å². The van der Waals surface area contributed by atoms with Gasteiger partial charge in [0.2, 0.25) is 5.91 Å². The predicted molar refractivity (Wildman–Crippen MR) is 153 cm³/mol. The Balaban J connectivity index is 1.27. The molecule has 0 spiro atoms. The standard InChI is InChI=1S/C32H43N3O3/c1-34(2)16-18-37-20-21-38-19-17-35(3)30(36)14-15-32-27-10-6-4-8-24(27)31(25-9-5-7-11-28(25)32)26-13-12-23(33)22-29(26)32/h4-13,22,24-25,27-28,31H,14-21,33H2,1-3H3. The maximum absolute atomic E-state index is 13.4. The van der Waals surface area contributed by atoms with Crippen molar-refractivity contribution in [3.8, 4) is 0 Å². The first kappa shape index (κ1) is 26.9. The molecule has 1 fully saturated rings. The normalized spacial score (nSPS) is 29.8. The molecule has 1 aromatic rings. The Morgan fingerprint density at radius 2 is 1.47 bits per heavy atom. The van der Waals surface area contributed by atoms with Gasteiger partial charge in [-0.15, -0.1) is 0 Å². The van der Waals surface area contributed by atoms with E-state index in [1.807, 2.05) is 32.1 Å². The molecule has 0 aliphatic heterocycles. The van der Waals surface area contributed by atoms with Crippen LogP contribution in [0.5, 0.6) is 0 Å². The summed E-state index contributed by atoms with van der Waals surface area (Å²) >= 11 is 0. The molecule has 5 aliphatic carbocycles. The lowest BCUT2D eigenvalue weighted by molar-refractivity contribution is -0.131. The highest BCUT2D eigenvalue weighted by Crippen LogP contribution is 2.67. The van der Waals surface area contributed by atoms with Crippen molar-refractivity contribution in [3.05, 3.63) is 77.9 Å². The van der Waals surface area contributed by atoms with Gasteiger partial charge in [-0.1, -0.05) is 54.7 Å². The van der Waals surface area contributed by atoms with E-state index in [0.717, 1.165) is 18.7 Å². The van der Waals surface area contributed by atoms with Crippen molar-refractivity contribution in [2.75, 3.05) is 66.4 Å². The molecule has 2 bridgehead atoms. The third-order valence-electron chi connectivity index (χ3n) is 9.12. The summed E-state index contributed by atoms with van der Waals surface area (Å²) in [4.78, 5) is 17.3. The number of carbonyl (C=O) groups is 1. The molecule has 6 rings (SSSR count). The number of hydrogen-bond acceptors (Lipinski definition) is 5. The fourth-order valence-corrected chi connectivity index (χ4v) is 7.35. The number of allylic oxidation sites excluding steroid dienone is 8. The van der Waals surface area contributed by atoms with E-state index in [0.29, 0.717) is 69.0 Å². The van der Waals surface area contributed by atoms with Crippen LogP contribution >= 0.6 is 0 Å². The molecule has 5 aliphatic rings. The van der Waals surface area contributed by atoms with Gasteiger partial charge in [0.25, 0.3) is 0 Å². The maximum Gasteiger partial charge on any atom is 0.222 e. The topological polar surface area (TPSA) is 68.0 Å². The number of nitrogens with zero attached hydrogens (tertiary/aromatic N) is 2. The van der Waals surface area contributed by atoms with Crippen LogP contribution in [0.15, 0.2) is 66.8 Å². The van der Waals surface area contributed by atoms with Gasteiger partial charge in [0.1, 0.15) is 0 Å². The summed E-state index contributed by atoms with van der Waals surface area (Å²) in [5.41, 5.74) is 9.80. The SMILES string of the molecule is CN(C)CCOCCOCCN(C)C(=O)CCC12c3cc(N)ccc3C(C3C=CC=CC31)C1C=CC=CC12. The largest absolute Gasteiger partial charge is 0.399 e. The van der Waals surface area contributed by atoms with Gasteiger partial charge in [0.15, 0.2) is 0 Å². The summed E-state index contributed by atoms with van der Waals surface area (Å²) in [5, 5.41) is 0. The Bertz CT molecular complexity index is 1080. The number of rotatable bonds is 12. The van der Waals surface area contributed by atoms with Crippen LogP contribution in [0.4, 0.5) is 5.69 Å². The number of hydrogen-bond donors (Lipinski definition) is 1. The number of nitrogens with two attached hydrogens (primary N) is 1. The van der Waals surface area contributed by atoms with E-state index < -0.39 is 0 Å². The number of carbonyl (C=O) groups excluding carboxylic acids is 1. The number of likely N-dealkylation sites (N-methyl/N-ethyl adjacent to an activating group) is 2. The first-order valence-corrected chi connectivity index (χ1v) is 14.1. The van der Waals surface area contributed by atoms with Gasteiger partial charge < -0.3 is 25.0 Å². The van der Waals surface area contributed by atoms with Crippen LogP contribution in [0.3, 0.4) is 0 Å². The summed E-state index contributed by atoms with van der Waals surface area (Å²) in [5.74, 6) is 2.20. The number of benzene rings is 1. The van der Waals surface area contributed by atoms with E-state index in [9.17, 15) is 4.79 Å². The van der Waals surface area contributed by atoms with Gasteiger partial charge in [-0.25, -0.2) is 0 Å². The molecule has 1 saturated carbocycles. The molecule has 6 nitrogen and oxygen atoms in total. The molecule has 38 heavy (non-hydrogen) atoms. The molecule has 0 heterocycles. The van der Waals surface area contributed by atoms with Gasteiger partial charge in [0, 0.05) is 37.7 Å². The number of ether oxygens (including phenoxy) is 2. The van der Waals surface area contributed by atoms with E-state index in [1.165, 1.54) is 11.1 Å². The lowest BCUT2D eigenvalue weighted by Crippen LogP contribution is -2.59. The Labute approximate surface area is 227 Å². The number of nitrogen functional groups attached to an aromatic ring is 1. The summed E-state index contributed by atoms with van der Waals surface area (Å²) in [6.45, 7) is 3.82. The third-order valence-corrected chi connectivity index (χ3v) is 9.12. The second-order valence-electron chi connectivity index (χ2n) is 11.5. The first-order chi connectivity index (χ1) is 18.4. The minimum absolute atomic E-state index is 0.159. The molecule has 6 heteroatoms. The molecular formula is C32H43N3O3. The minimum Gasteiger partial charge on any atom is -0.399 e. The van der Waals surface area contributed by atoms with Crippen LogP contribution in [0, 0.1) is 23.7 Å². The zero-order valence-electron chi connectivity index (χ0n) is 23.1. The maximum atomic E-state index is 13.4. The number of amides is 1. The highest BCUT2D eigenvalue weighted by Gasteiger charge is 2.62. The van der Waals surface area contributed by atoms with Crippen LogP contribution < -0.4 is 5.73 Å². The van der Waals surface area contributed by atoms with Gasteiger partial charge in [-0.3, -0.25) is 4.79 Å². The van der Waals surface area contributed by atoms with Gasteiger partial charge >= 0.3 is 0 Å². The molecule has 4 atom stereocenters. The van der Waals surface area contributed by atoms with Crippen molar-refractivity contribution in [3.63, 3.8) is 0 Å². The predicted octanol–water partition coefficient (Wildman–Crippen LogP) is 4.17. The van der Waals surface area contributed by atoms with E-state index in [2.05, 4.69) is 65.6 Å². The minimum atomic E-state index is -0.159. The van der Waals surface area contributed by atoms with Crippen molar-refractivity contribution < 1.29 is 14.3 Å². The fourth-order valence-electron chi connectivity index (χ4n) is 7.35. The van der Waals surface area contributed by atoms with E-state index >= 15 is 0 Å². The Morgan fingerprint density at radius 1 is 0.868 bits per heavy atom. The van der Waals surface area contributed by atoms with Gasteiger partial charge in [-0.05, 0) is 73.4 Å². The highest BCUT2D eigenvalue weighted by atomic mass is 16.5. The quantitative estimate of drug-likeness (QED) is 0.333. The Hall–Kier alpha value is -2.67. The zero-order chi connectivity index (χ0) is 26.7. The average Bonchev–Trinajstić information content (AvgIpc) is 2.92. The third kappa shape index (κ3) is 5.02. The van der Waals surface area contributed by atoms with Crippen LogP contribution in [0.25, 0.3) is 0 Å². The van der Waals surface area contributed by atoms with E-state index in [4.69, 9.17) is 15.2 Å². The van der Waals surface area contributed by atoms with Gasteiger partial charge in [0.05, 0.1) is 26.4 Å². The van der Waals surface area contributed by atoms with Crippen molar-refractivity contribution in [2.45, 2.75) is 24.2 Å². The van der Waals surface area contributed by atoms with Crippen molar-refractivity contribution in [1.82, 2.24) is 9.80 Å². The molecule has 0 radical (unpaired) electrons. The van der Waals surface area contributed by atoms with Crippen LogP contribution in [-0.4, -0.2) is 76.4 Å². The van der Waals surface area contributed by atoms with E-state index in [-0.39, 0.29) is 11.3 Å². The highest BCUT2D eigenvalue weighted by molar-refractivity contribution is 5.76. The second-order valence-corrected chi connectivity index (χ2v) is 11.5. The lowest BCUT2D eigenvalue weighted by Gasteiger charge is -2.63. The monoisotopic (exact) mass is 517 g/mol. The molecule has 4 unspecified atom stereocenters. The summed E-state index contributed by atoms with van der Waals surface area (Å²) in [6.07, 6.45) is 19.7. The van der Waals surface area contributed by atoms with Gasteiger partial charge in [-0.2, -0.15) is 0 Å². The molecular weight excluding hydrogens is 474 g/mol. The lowest BCUT2D eigenvalue weighted by atomic mass is 9.39. The molecule has 0 saturated heterocycles. The van der Waals surface area contributed by atoms with Crippen molar-refractivity contribution in [2.24, 2.45) is 23.7 Å². The molecule has 204 valence electrons. The molecule has 1 aromatic carbocycles. The molecule has 1 amide bonds. The summed E-state index contributed by atoms with van der Waals surface area (Å²) in [7, 11) is 5.95. The van der Waals surface area contributed by atoms with Crippen LogP contribution in [-0.2, 0) is 19.7 Å². The average molecular weight is 518 g/mol.